The standard InChI is InChI=1S/C30H30F2N4O4/c1-16-9-18-10-19(12-25(40-4)27(18)36-35-16)28(37)33-15-30(39,20-6-7-20)26-14-21(29(2,3)38)13-24(34-26)17-5-8-22(31)23(32)11-17/h5,8-14,20,38-39H,6-7,15H2,1-4H3,(H,33,37). The van der Waals surface area contributed by atoms with Gasteiger partial charge in [0.15, 0.2) is 11.6 Å². The van der Waals surface area contributed by atoms with Crippen LogP contribution in [0.1, 0.15) is 54.0 Å². The highest BCUT2D eigenvalue weighted by atomic mass is 19.2. The minimum absolute atomic E-state index is 0.163. The Bertz CT molecular complexity index is 1620. The lowest BCUT2D eigenvalue weighted by atomic mass is 9.88. The fraction of sp³-hybridized carbons (Fsp3) is 0.333. The number of hydrogen-bond acceptors (Lipinski definition) is 7. The Morgan fingerprint density at radius 1 is 1.05 bits per heavy atom. The number of nitrogens with zero attached hydrogens (tertiary/aromatic N) is 3. The molecule has 1 saturated carbocycles. The van der Waals surface area contributed by atoms with Crippen molar-refractivity contribution in [2.75, 3.05) is 13.7 Å². The zero-order chi connectivity index (χ0) is 28.8. The third kappa shape index (κ3) is 5.37. The van der Waals surface area contributed by atoms with Gasteiger partial charge in [0.05, 0.1) is 36.3 Å². The highest BCUT2D eigenvalue weighted by molar-refractivity contribution is 5.99. The largest absolute Gasteiger partial charge is 0.494 e. The average Bonchev–Trinajstić information content (AvgIpc) is 3.77. The number of benzene rings is 2. The van der Waals surface area contributed by atoms with Crippen molar-refractivity contribution >= 4 is 16.8 Å². The van der Waals surface area contributed by atoms with Crippen LogP contribution in [0.3, 0.4) is 0 Å². The molecule has 1 amide bonds. The second-order valence-corrected chi connectivity index (χ2v) is 10.8. The summed E-state index contributed by atoms with van der Waals surface area (Å²) in [5, 5.41) is 34.5. The Hall–Kier alpha value is -4.02. The molecule has 2 heterocycles. The number of hydrogen-bond donors (Lipinski definition) is 3. The Morgan fingerprint density at radius 2 is 1.80 bits per heavy atom. The van der Waals surface area contributed by atoms with E-state index in [1.54, 1.807) is 51.1 Å². The molecule has 1 atom stereocenters. The van der Waals surface area contributed by atoms with Crippen LogP contribution < -0.4 is 10.1 Å². The minimum atomic E-state index is -1.58. The molecule has 8 nitrogen and oxygen atoms in total. The molecule has 4 aromatic rings. The van der Waals surface area contributed by atoms with E-state index in [2.05, 4.69) is 20.5 Å². The van der Waals surface area contributed by atoms with Crippen LogP contribution in [0.5, 0.6) is 5.75 Å². The summed E-state index contributed by atoms with van der Waals surface area (Å²) < 4.78 is 33.1. The first kappa shape index (κ1) is 27.5. The molecule has 1 aliphatic rings. The van der Waals surface area contributed by atoms with E-state index in [0.717, 1.165) is 12.1 Å². The molecule has 0 bridgehead atoms. The third-order valence-corrected chi connectivity index (χ3v) is 7.22. The zero-order valence-electron chi connectivity index (χ0n) is 22.6. The first-order valence-corrected chi connectivity index (χ1v) is 12.9. The fourth-order valence-electron chi connectivity index (χ4n) is 4.75. The van der Waals surface area contributed by atoms with E-state index in [4.69, 9.17) is 4.74 Å². The molecule has 1 unspecified atom stereocenters. The van der Waals surface area contributed by atoms with Crippen LogP contribution in [-0.4, -0.2) is 45.0 Å². The van der Waals surface area contributed by atoms with Crippen molar-refractivity contribution in [2.24, 2.45) is 5.92 Å². The maximum atomic E-state index is 14.1. The molecule has 5 rings (SSSR count). The van der Waals surface area contributed by atoms with Gasteiger partial charge in [0.25, 0.3) is 5.91 Å². The second-order valence-electron chi connectivity index (χ2n) is 10.8. The molecule has 0 spiro atoms. The molecule has 3 N–H and O–H groups in total. The van der Waals surface area contributed by atoms with Crippen molar-refractivity contribution < 1.29 is 28.5 Å². The van der Waals surface area contributed by atoms with E-state index in [1.165, 1.54) is 13.2 Å². The molecular weight excluding hydrogens is 518 g/mol. The van der Waals surface area contributed by atoms with Gasteiger partial charge in [-0.05, 0) is 93.6 Å². The van der Waals surface area contributed by atoms with Gasteiger partial charge in [-0.25, -0.2) is 13.8 Å². The number of pyridine rings is 1. The number of aryl methyl sites for hydroxylation is 1. The summed E-state index contributed by atoms with van der Waals surface area (Å²) in [6.45, 7) is 4.80. The van der Waals surface area contributed by atoms with Crippen LogP contribution in [0.4, 0.5) is 8.78 Å². The van der Waals surface area contributed by atoms with Gasteiger partial charge < -0.3 is 20.3 Å². The van der Waals surface area contributed by atoms with E-state index in [1.807, 2.05) is 0 Å². The maximum Gasteiger partial charge on any atom is 0.251 e. The summed E-state index contributed by atoms with van der Waals surface area (Å²) in [6.07, 6.45) is 1.42. The lowest BCUT2D eigenvalue weighted by Crippen LogP contribution is -2.43. The second kappa shape index (κ2) is 10.2. The first-order chi connectivity index (χ1) is 18.9. The summed E-state index contributed by atoms with van der Waals surface area (Å²) in [7, 11) is 1.48. The highest BCUT2D eigenvalue weighted by Crippen LogP contribution is 2.46. The quantitative estimate of drug-likeness (QED) is 0.296. The Morgan fingerprint density at radius 3 is 2.45 bits per heavy atom. The predicted molar refractivity (Wildman–Crippen MR) is 145 cm³/mol. The minimum Gasteiger partial charge on any atom is -0.494 e. The number of aliphatic hydroxyl groups is 2. The van der Waals surface area contributed by atoms with Crippen molar-refractivity contribution in [3.8, 4) is 17.0 Å². The van der Waals surface area contributed by atoms with Gasteiger partial charge in [-0.1, -0.05) is 0 Å². The van der Waals surface area contributed by atoms with Crippen molar-refractivity contribution in [1.82, 2.24) is 20.5 Å². The van der Waals surface area contributed by atoms with Gasteiger partial charge in [-0.3, -0.25) is 4.79 Å². The summed E-state index contributed by atoms with van der Waals surface area (Å²) in [5.74, 6) is -2.27. The SMILES string of the molecule is COc1cc(C(=O)NCC(O)(c2cc(C(C)(C)O)cc(-c3ccc(F)c(F)c3)n2)C2CC2)cc2cc(C)nnc12. The first-order valence-electron chi connectivity index (χ1n) is 12.9. The third-order valence-electron chi connectivity index (χ3n) is 7.22. The van der Waals surface area contributed by atoms with E-state index < -0.39 is 28.7 Å². The Labute approximate surface area is 230 Å². The normalized spacial score (nSPS) is 15.1. The molecule has 1 fully saturated rings. The fourth-order valence-corrected chi connectivity index (χ4v) is 4.75. The lowest BCUT2D eigenvalue weighted by molar-refractivity contribution is 0.00888. The van der Waals surface area contributed by atoms with Crippen LogP contribution in [0, 0.1) is 24.5 Å². The van der Waals surface area contributed by atoms with Crippen LogP contribution in [-0.2, 0) is 11.2 Å². The monoisotopic (exact) mass is 548 g/mol. The number of amides is 1. The van der Waals surface area contributed by atoms with E-state index >= 15 is 0 Å². The van der Waals surface area contributed by atoms with Crippen LogP contribution in [0.2, 0.25) is 0 Å². The number of fused-ring (bicyclic) bond motifs is 1. The molecule has 0 aliphatic heterocycles. The molecule has 10 heteroatoms. The van der Waals surface area contributed by atoms with Crippen molar-refractivity contribution in [1.29, 1.82) is 0 Å². The van der Waals surface area contributed by atoms with Gasteiger partial charge in [-0.2, -0.15) is 5.10 Å². The Balaban J connectivity index is 1.51. The summed E-state index contributed by atoms with van der Waals surface area (Å²) >= 11 is 0. The summed E-state index contributed by atoms with van der Waals surface area (Å²) in [4.78, 5) is 17.9. The van der Waals surface area contributed by atoms with Gasteiger partial charge in [0.2, 0.25) is 0 Å². The number of aromatic nitrogens is 3. The maximum absolute atomic E-state index is 14.1. The number of halogens is 2. The molecule has 40 heavy (non-hydrogen) atoms. The molecule has 1 aliphatic carbocycles. The molecule has 2 aromatic heterocycles. The highest BCUT2D eigenvalue weighted by Gasteiger charge is 2.47. The predicted octanol–water partition coefficient (Wildman–Crippen LogP) is 4.54. The number of ether oxygens (including phenoxy) is 1. The van der Waals surface area contributed by atoms with Crippen LogP contribution >= 0.6 is 0 Å². The molecule has 2 aromatic carbocycles. The Kier molecular flexibility index (Phi) is 7.01. The van der Waals surface area contributed by atoms with E-state index in [-0.39, 0.29) is 29.4 Å². The van der Waals surface area contributed by atoms with E-state index in [9.17, 15) is 23.8 Å². The smallest absolute Gasteiger partial charge is 0.251 e. The van der Waals surface area contributed by atoms with Crippen molar-refractivity contribution in [2.45, 2.75) is 44.8 Å². The number of carbonyl (C=O) groups excluding carboxylic acids is 1. The molecule has 0 saturated heterocycles. The topological polar surface area (TPSA) is 117 Å². The van der Waals surface area contributed by atoms with Crippen molar-refractivity contribution in [3.63, 3.8) is 0 Å². The molecular formula is C30H30F2N4O4. The molecule has 208 valence electrons. The number of methoxy groups -OCH3 is 1. The van der Waals surface area contributed by atoms with Crippen molar-refractivity contribution in [3.05, 3.63) is 82.7 Å². The van der Waals surface area contributed by atoms with Gasteiger partial charge in [0, 0.05) is 16.5 Å². The number of rotatable bonds is 8. The van der Waals surface area contributed by atoms with Gasteiger partial charge in [-0.15, -0.1) is 5.10 Å². The zero-order valence-corrected chi connectivity index (χ0v) is 22.6. The van der Waals surface area contributed by atoms with Gasteiger partial charge >= 0.3 is 0 Å². The lowest BCUT2D eigenvalue weighted by Gasteiger charge is -2.30. The van der Waals surface area contributed by atoms with Crippen LogP contribution in [0.25, 0.3) is 22.2 Å². The summed E-state index contributed by atoms with van der Waals surface area (Å²) in [6, 6.07) is 11.6. The average molecular weight is 549 g/mol. The molecule has 0 radical (unpaired) electrons. The van der Waals surface area contributed by atoms with Crippen LogP contribution in [0.15, 0.2) is 48.5 Å². The van der Waals surface area contributed by atoms with Gasteiger partial charge in [0.1, 0.15) is 16.9 Å². The number of nitrogens with one attached hydrogen (secondary N) is 1. The summed E-state index contributed by atoms with van der Waals surface area (Å²) in [5.41, 5.74) is -0.175. The number of carbonyl (C=O) groups is 1. The van der Waals surface area contributed by atoms with E-state index in [0.29, 0.717) is 46.3 Å².